The van der Waals surface area contributed by atoms with Gasteiger partial charge >= 0.3 is 5.69 Å². The summed E-state index contributed by atoms with van der Waals surface area (Å²) in [5.41, 5.74) is 14.6. The Morgan fingerprint density at radius 1 is 1.24 bits per heavy atom. The van der Waals surface area contributed by atoms with Gasteiger partial charge in [-0.05, 0) is 29.7 Å². The second-order valence-electron chi connectivity index (χ2n) is 4.99. The van der Waals surface area contributed by atoms with Gasteiger partial charge in [-0.3, -0.25) is 10.1 Å². The fourth-order valence-electron chi connectivity index (χ4n) is 2.59. The lowest BCUT2D eigenvalue weighted by Crippen LogP contribution is -2.31. The highest BCUT2D eigenvalue weighted by Crippen LogP contribution is 2.29. The van der Waals surface area contributed by atoms with E-state index in [0.29, 0.717) is 12.4 Å². The van der Waals surface area contributed by atoms with Crippen molar-refractivity contribution in [3.8, 4) is 0 Å². The lowest BCUT2D eigenvalue weighted by molar-refractivity contribution is -0.384. The number of nitrogens with zero attached hydrogens (tertiary/aromatic N) is 3. The topological polar surface area (TPSA) is 111 Å². The minimum atomic E-state index is -0.532. The standard InChI is InChI=1S/C14H15N5O2/c15-11-3-1-2-9-6-7-18(8-10(9)11)13-5-4-12(19(20)21)14(16)17-13/h1-5H,6-8,15H2,(H2,16,17). The first-order valence-electron chi connectivity index (χ1n) is 6.58. The Labute approximate surface area is 121 Å². The summed E-state index contributed by atoms with van der Waals surface area (Å²) < 4.78 is 0. The maximum absolute atomic E-state index is 10.8. The van der Waals surface area contributed by atoms with E-state index in [-0.39, 0.29) is 11.5 Å². The monoisotopic (exact) mass is 285 g/mol. The van der Waals surface area contributed by atoms with E-state index in [9.17, 15) is 10.1 Å². The van der Waals surface area contributed by atoms with E-state index in [4.69, 9.17) is 11.5 Å². The summed E-state index contributed by atoms with van der Waals surface area (Å²) in [4.78, 5) is 16.4. The van der Waals surface area contributed by atoms with E-state index in [1.807, 2.05) is 17.0 Å². The molecule has 7 heteroatoms. The summed E-state index contributed by atoms with van der Waals surface area (Å²) in [7, 11) is 0. The summed E-state index contributed by atoms with van der Waals surface area (Å²) in [5, 5.41) is 10.8. The Morgan fingerprint density at radius 3 is 2.76 bits per heavy atom. The van der Waals surface area contributed by atoms with Crippen molar-refractivity contribution in [1.29, 1.82) is 0 Å². The van der Waals surface area contributed by atoms with Crippen LogP contribution >= 0.6 is 0 Å². The van der Waals surface area contributed by atoms with Crippen LogP contribution in [0, 0.1) is 10.1 Å². The van der Waals surface area contributed by atoms with Crippen LogP contribution in [0.15, 0.2) is 30.3 Å². The number of hydrogen-bond acceptors (Lipinski definition) is 6. The number of rotatable bonds is 2. The van der Waals surface area contributed by atoms with Gasteiger partial charge in [-0.25, -0.2) is 4.98 Å². The zero-order valence-electron chi connectivity index (χ0n) is 11.3. The molecule has 1 aromatic carbocycles. The minimum absolute atomic E-state index is 0.0654. The van der Waals surface area contributed by atoms with Crippen LogP contribution < -0.4 is 16.4 Å². The molecule has 0 saturated heterocycles. The van der Waals surface area contributed by atoms with Crippen molar-refractivity contribution in [2.24, 2.45) is 0 Å². The molecular weight excluding hydrogens is 270 g/mol. The van der Waals surface area contributed by atoms with E-state index in [0.717, 1.165) is 24.2 Å². The van der Waals surface area contributed by atoms with Crippen LogP contribution in [-0.2, 0) is 13.0 Å². The van der Waals surface area contributed by atoms with Crippen LogP contribution in [0.3, 0.4) is 0 Å². The quantitative estimate of drug-likeness (QED) is 0.493. The van der Waals surface area contributed by atoms with Gasteiger partial charge in [-0.1, -0.05) is 12.1 Å². The predicted molar refractivity (Wildman–Crippen MR) is 80.9 cm³/mol. The molecule has 21 heavy (non-hydrogen) atoms. The third-order valence-corrected chi connectivity index (χ3v) is 3.72. The molecule has 0 unspecified atom stereocenters. The highest BCUT2D eigenvalue weighted by atomic mass is 16.6. The summed E-state index contributed by atoms with van der Waals surface area (Å²) in [6.45, 7) is 1.41. The van der Waals surface area contributed by atoms with Gasteiger partial charge in [0.2, 0.25) is 5.82 Å². The number of nitrogen functional groups attached to an aromatic ring is 2. The Balaban J connectivity index is 1.91. The number of aromatic nitrogens is 1. The van der Waals surface area contributed by atoms with E-state index in [2.05, 4.69) is 11.1 Å². The number of hydrogen-bond donors (Lipinski definition) is 2. The fraction of sp³-hybridized carbons (Fsp3) is 0.214. The summed E-state index contributed by atoms with van der Waals surface area (Å²) >= 11 is 0. The Morgan fingerprint density at radius 2 is 2.05 bits per heavy atom. The molecule has 0 fully saturated rings. The van der Waals surface area contributed by atoms with Gasteiger partial charge in [0.25, 0.3) is 0 Å². The molecule has 2 heterocycles. The third-order valence-electron chi connectivity index (χ3n) is 3.72. The number of nitrogens with two attached hydrogens (primary N) is 2. The van der Waals surface area contributed by atoms with Crippen molar-refractivity contribution in [3.63, 3.8) is 0 Å². The van der Waals surface area contributed by atoms with Gasteiger partial charge < -0.3 is 16.4 Å². The summed E-state index contributed by atoms with van der Waals surface area (Å²) in [6, 6.07) is 8.91. The highest BCUT2D eigenvalue weighted by molar-refractivity contribution is 5.60. The SMILES string of the molecule is Nc1cccc2c1CN(c1ccc([N+](=O)[O-])c(N)n1)CC2. The molecule has 0 bridgehead atoms. The van der Waals surface area contributed by atoms with E-state index < -0.39 is 4.92 Å². The second kappa shape index (κ2) is 4.93. The van der Waals surface area contributed by atoms with Gasteiger partial charge in [0.05, 0.1) is 4.92 Å². The van der Waals surface area contributed by atoms with Gasteiger partial charge in [-0.15, -0.1) is 0 Å². The van der Waals surface area contributed by atoms with Crippen molar-refractivity contribution in [1.82, 2.24) is 4.98 Å². The molecule has 1 aliphatic heterocycles. The zero-order valence-corrected chi connectivity index (χ0v) is 11.3. The minimum Gasteiger partial charge on any atom is -0.398 e. The average Bonchev–Trinajstić information content (AvgIpc) is 2.47. The first-order chi connectivity index (χ1) is 10.1. The molecule has 1 aromatic heterocycles. The van der Waals surface area contributed by atoms with E-state index >= 15 is 0 Å². The van der Waals surface area contributed by atoms with Crippen LogP contribution in [-0.4, -0.2) is 16.5 Å². The van der Waals surface area contributed by atoms with Gasteiger partial charge in [0.15, 0.2) is 0 Å². The molecular formula is C14H15N5O2. The molecule has 0 radical (unpaired) electrons. The van der Waals surface area contributed by atoms with Crippen molar-refractivity contribution in [3.05, 3.63) is 51.6 Å². The van der Waals surface area contributed by atoms with E-state index in [1.54, 1.807) is 6.07 Å². The summed E-state index contributed by atoms with van der Waals surface area (Å²) in [6.07, 6.45) is 0.860. The number of nitro groups is 1. The molecule has 0 saturated carbocycles. The normalized spacial score (nSPS) is 13.8. The molecule has 2 aromatic rings. The van der Waals surface area contributed by atoms with Gasteiger partial charge in [0, 0.05) is 24.8 Å². The van der Waals surface area contributed by atoms with Crippen LogP contribution in [0.25, 0.3) is 0 Å². The van der Waals surface area contributed by atoms with E-state index in [1.165, 1.54) is 11.6 Å². The van der Waals surface area contributed by atoms with Crippen molar-refractivity contribution in [2.45, 2.75) is 13.0 Å². The lowest BCUT2D eigenvalue weighted by atomic mass is 9.98. The van der Waals surface area contributed by atoms with Crippen LogP contribution in [0.2, 0.25) is 0 Å². The largest absolute Gasteiger partial charge is 0.398 e. The lowest BCUT2D eigenvalue weighted by Gasteiger charge is -2.30. The molecule has 3 rings (SSSR count). The fourth-order valence-corrected chi connectivity index (χ4v) is 2.59. The van der Waals surface area contributed by atoms with Crippen molar-refractivity contribution >= 4 is 23.0 Å². The average molecular weight is 285 g/mol. The Hall–Kier alpha value is -2.83. The number of anilines is 3. The predicted octanol–water partition coefficient (Wildman–Crippen LogP) is 1.72. The van der Waals surface area contributed by atoms with Crippen molar-refractivity contribution in [2.75, 3.05) is 22.9 Å². The zero-order chi connectivity index (χ0) is 15.0. The smallest absolute Gasteiger partial charge is 0.311 e. The molecule has 0 spiro atoms. The Bertz CT molecular complexity index is 717. The van der Waals surface area contributed by atoms with Crippen LogP contribution in [0.1, 0.15) is 11.1 Å². The number of fused-ring (bicyclic) bond motifs is 1. The molecule has 4 N–H and O–H groups in total. The number of benzene rings is 1. The van der Waals surface area contributed by atoms with Crippen LogP contribution in [0.5, 0.6) is 0 Å². The first kappa shape index (κ1) is 13.2. The molecule has 0 atom stereocenters. The Kier molecular flexibility index (Phi) is 3.09. The van der Waals surface area contributed by atoms with Gasteiger partial charge in [-0.2, -0.15) is 0 Å². The maximum Gasteiger partial charge on any atom is 0.311 e. The number of pyridine rings is 1. The molecule has 1 aliphatic rings. The molecule has 0 amide bonds. The maximum atomic E-state index is 10.8. The van der Waals surface area contributed by atoms with Crippen LogP contribution in [0.4, 0.5) is 23.0 Å². The third kappa shape index (κ3) is 2.33. The molecule has 0 aliphatic carbocycles. The molecule has 7 nitrogen and oxygen atoms in total. The second-order valence-corrected chi connectivity index (χ2v) is 4.99. The van der Waals surface area contributed by atoms with Crippen molar-refractivity contribution < 1.29 is 4.92 Å². The van der Waals surface area contributed by atoms with Gasteiger partial charge in [0.1, 0.15) is 5.82 Å². The highest BCUT2D eigenvalue weighted by Gasteiger charge is 2.21. The summed E-state index contributed by atoms with van der Waals surface area (Å²) in [5.74, 6) is 0.566. The molecule has 108 valence electrons. The first-order valence-corrected chi connectivity index (χ1v) is 6.58.